The lowest BCUT2D eigenvalue weighted by Gasteiger charge is -2.33. The summed E-state index contributed by atoms with van der Waals surface area (Å²) in [5.41, 5.74) is 0.316. The maximum Gasteiger partial charge on any atom is 0.338 e. The third-order valence-corrected chi connectivity index (χ3v) is 6.13. The molecule has 1 aromatic heterocycles. The van der Waals surface area contributed by atoms with Crippen LogP contribution in [-0.2, 0) is 19.6 Å². The lowest BCUT2D eigenvalue weighted by atomic mass is 10.3. The number of sulfonamides is 1. The van der Waals surface area contributed by atoms with E-state index in [1.807, 2.05) is 0 Å². The quantitative estimate of drug-likeness (QED) is 0.701. The van der Waals surface area contributed by atoms with Crippen molar-refractivity contribution in [3.63, 3.8) is 0 Å². The number of piperazine rings is 1. The molecular formula is C18H19N3O5S. The normalized spacial score (nSPS) is 15.3. The number of aromatic nitrogens is 1. The number of hydrogen-bond acceptors (Lipinski definition) is 6. The van der Waals surface area contributed by atoms with Crippen molar-refractivity contribution in [3.05, 3.63) is 60.4 Å². The molecule has 0 spiro atoms. The molecule has 0 radical (unpaired) electrons. The lowest BCUT2D eigenvalue weighted by Crippen LogP contribution is -2.51. The fraction of sp³-hybridized carbons (Fsp3) is 0.278. The SMILES string of the molecule is O=C(OCC(=O)N1CCN(S(=O)(=O)c2ccccc2)CC1)c1ccncc1. The molecule has 1 aromatic carbocycles. The van der Waals surface area contributed by atoms with E-state index in [1.165, 1.54) is 33.7 Å². The highest BCUT2D eigenvalue weighted by atomic mass is 32.2. The van der Waals surface area contributed by atoms with Crippen LogP contribution >= 0.6 is 0 Å². The van der Waals surface area contributed by atoms with Gasteiger partial charge in [0.15, 0.2) is 6.61 Å². The van der Waals surface area contributed by atoms with Gasteiger partial charge in [-0.05, 0) is 24.3 Å². The Hall–Kier alpha value is -2.78. The number of hydrogen-bond donors (Lipinski definition) is 0. The third-order valence-electron chi connectivity index (χ3n) is 4.22. The first-order valence-electron chi connectivity index (χ1n) is 8.38. The molecule has 1 aliphatic heterocycles. The van der Waals surface area contributed by atoms with Gasteiger partial charge in [0.25, 0.3) is 5.91 Å². The number of carbonyl (C=O) groups is 2. The predicted octanol–water partition coefficient (Wildman–Crippen LogP) is 0.771. The summed E-state index contributed by atoms with van der Waals surface area (Å²) in [6.45, 7) is 0.505. The van der Waals surface area contributed by atoms with Gasteiger partial charge in [-0.15, -0.1) is 0 Å². The minimum atomic E-state index is -3.57. The summed E-state index contributed by atoms with van der Waals surface area (Å²) in [7, 11) is -3.57. The largest absolute Gasteiger partial charge is 0.452 e. The van der Waals surface area contributed by atoms with Gasteiger partial charge < -0.3 is 9.64 Å². The molecule has 2 heterocycles. The van der Waals surface area contributed by atoms with E-state index in [0.717, 1.165) is 0 Å². The highest BCUT2D eigenvalue weighted by Gasteiger charge is 2.30. The topological polar surface area (TPSA) is 96.9 Å². The molecule has 2 aromatic rings. The van der Waals surface area contributed by atoms with Gasteiger partial charge in [-0.25, -0.2) is 13.2 Å². The van der Waals surface area contributed by atoms with Crippen LogP contribution in [0.15, 0.2) is 59.8 Å². The zero-order valence-electron chi connectivity index (χ0n) is 14.5. The van der Waals surface area contributed by atoms with E-state index in [4.69, 9.17) is 4.74 Å². The fourth-order valence-electron chi connectivity index (χ4n) is 2.71. The minimum Gasteiger partial charge on any atom is -0.452 e. The fourth-order valence-corrected chi connectivity index (χ4v) is 4.15. The Labute approximate surface area is 157 Å². The van der Waals surface area contributed by atoms with Gasteiger partial charge in [0.2, 0.25) is 10.0 Å². The van der Waals surface area contributed by atoms with E-state index in [-0.39, 0.29) is 43.6 Å². The Morgan fingerprint density at radius 1 is 0.963 bits per heavy atom. The van der Waals surface area contributed by atoms with Crippen molar-refractivity contribution in [1.29, 1.82) is 0 Å². The lowest BCUT2D eigenvalue weighted by molar-refractivity contribution is -0.135. The van der Waals surface area contributed by atoms with Crippen LogP contribution in [0.2, 0.25) is 0 Å². The van der Waals surface area contributed by atoms with Crippen LogP contribution in [0.4, 0.5) is 0 Å². The van der Waals surface area contributed by atoms with Gasteiger partial charge in [0, 0.05) is 38.6 Å². The average Bonchev–Trinajstić information content (AvgIpc) is 2.73. The summed E-state index contributed by atoms with van der Waals surface area (Å²) in [5.74, 6) is -0.954. The second-order valence-electron chi connectivity index (χ2n) is 5.91. The summed E-state index contributed by atoms with van der Waals surface area (Å²) in [5, 5.41) is 0. The number of esters is 1. The number of benzene rings is 1. The van der Waals surface area contributed by atoms with Crippen LogP contribution in [0.25, 0.3) is 0 Å². The molecule has 1 aliphatic rings. The van der Waals surface area contributed by atoms with Crippen molar-refractivity contribution in [2.75, 3.05) is 32.8 Å². The van der Waals surface area contributed by atoms with E-state index in [1.54, 1.807) is 30.3 Å². The summed E-state index contributed by atoms with van der Waals surface area (Å²) < 4.78 is 31.5. The number of pyridine rings is 1. The van der Waals surface area contributed by atoms with E-state index in [2.05, 4.69) is 4.98 Å². The molecule has 0 saturated carbocycles. The van der Waals surface area contributed by atoms with Crippen molar-refractivity contribution in [3.8, 4) is 0 Å². The maximum absolute atomic E-state index is 12.6. The van der Waals surface area contributed by atoms with Gasteiger partial charge in [0.05, 0.1) is 10.5 Å². The van der Waals surface area contributed by atoms with Crippen molar-refractivity contribution in [2.24, 2.45) is 0 Å². The molecule has 0 aliphatic carbocycles. The van der Waals surface area contributed by atoms with E-state index in [9.17, 15) is 18.0 Å². The van der Waals surface area contributed by atoms with Crippen molar-refractivity contribution in [2.45, 2.75) is 4.90 Å². The summed E-state index contributed by atoms with van der Waals surface area (Å²) in [6.07, 6.45) is 2.93. The molecule has 142 valence electrons. The first-order valence-corrected chi connectivity index (χ1v) is 9.82. The van der Waals surface area contributed by atoms with Gasteiger partial charge in [-0.1, -0.05) is 18.2 Å². The van der Waals surface area contributed by atoms with Crippen LogP contribution in [0.5, 0.6) is 0 Å². The smallest absolute Gasteiger partial charge is 0.338 e. The molecular weight excluding hydrogens is 370 g/mol. The highest BCUT2D eigenvalue weighted by Crippen LogP contribution is 2.17. The molecule has 0 N–H and O–H groups in total. The molecule has 9 heteroatoms. The van der Waals surface area contributed by atoms with Gasteiger partial charge >= 0.3 is 5.97 Å². The Morgan fingerprint density at radius 3 is 2.22 bits per heavy atom. The van der Waals surface area contributed by atoms with E-state index in [0.29, 0.717) is 5.56 Å². The molecule has 27 heavy (non-hydrogen) atoms. The standard InChI is InChI=1S/C18H19N3O5S/c22-17(14-26-18(23)15-6-8-19-9-7-15)20-10-12-21(13-11-20)27(24,25)16-4-2-1-3-5-16/h1-9H,10-14H2. The van der Waals surface area contributed by atoms with Crippen LogP contribution in [0.1, 0.15) is 10.4 Å². The Balaban J connectivity index is 1.51. The molecule has 1 saturated heterocycles. The van der Waals surface area contributed by atoms with Gasteiger partial charge in [0.1, 0.15) is 0 Å². The van der Waals surface area contributed by atoms with E-state index >= 15 is 0 Å². The summed E-state index contributed by atoms with van der Waals surface area (Å²) in [4.78, 5) is 29.6. The number of rotatable bonds is 5. The van der Waals surface area contributed by atoms with Gasteiger partial charge in [-0.2, -0.15) is 4.31 Å². The van der Waals surface area contributed by atoms with Gasteiger partial charge in [-0.3, -0.25) is 9.78 Å². The predicted molar refractivity (Wildman–Crippen MR) is 96.3 cm³/mol. The number of amides is 1. The monoisotopic (exact) mass is 389 g/mol. The minimum absolute atomic E-state index is 0.196. The molecule has 0 bridgehead atoms. The van der Waals surface area contributed by atoms with E-state index < -0.39 is 16.0 Å². The molecule has 8 nitrogen and oxygen atoms in total. The highest BCUT2D eigenvalue weighted by molar-refractivity contribution is 7.89. The Morgan fingerprint density at radius 2 is 1.59 bits per heavy atom. The zero-order valence-corrected chi connectivity index (χ0v) is 15.3. The first-order chi connectivity index (χ1) is 13.0. The molecule has 1 amide bonds. The number of nitrogens with zero attached hydrogens (tertiary/aromatic N) is 3. The van der Waals surface area contributed by atoms with Crippen LogP contribution in [-0.4, -0.2) is 67.3 Å². The van der Waals surface area contributed by atoms with Crippen molar-refractivity contribution < 1.29 is 22.7 Å². The molecule has 0 unspecified atom stereocenters. The molecule has 3 rings (SSSR count). The summed E-state index contributed by atoms with van der Waals surface area (Å²) >= 11 is 0. The third kappa shape index (κ3) is 4.50. The second-order valence-corrected chi connectivity index (χ2v) is 7.85. The molecule has 1 fully saturated rings. The van der Waals surface area contributed by atoms with Crippen LogP contribution in [0.3, 0.4) is 0 Å². The Bertz CT molecular complexity index is 895. The average molecular weight is 389 g/mol. The van der Waals surface area contributed by atoms with Crippen molar-refractivity contribution >= 4 is 21.9 Å². The van der Waals surface area contributed by atoms with Crippen molar-refractivity contribution in [1.82, 2.24) is 14.2 Å². The first kappa shape index (κ1) is 19.0. The van der Waals surface area contributed by atoms with Crippen LogP contribution in [0, 0.1) is 0 Å². The number of carbonyl (C=O) groups excluding carboxylic acids is 2. The maximum atomic E-state index is 12.6. The molecule has 0 atom stereocenters. The Kier molecular flexibility index (Phi) is 5.82. The number of ether oxygens (including phenoxy) is 1. The van der Waals surface area contributed by atoms with Crippen LogP contribution < -0.4 is 0 Å². The second kappa shape index (κ2) is 8.28. The summed E-state index contributed by atoms with van der Waals surface area (Å²) in [6, 6.07) is 11.2. The zero-order chi connectivity index (χ0) is 19.3.